The molecule has 1 aliphatic carbocycles. The Balaban J connectivity index is 1.36. The topological polar surface area (TPSA) is 88.6 Å². The molecule has 0 aromatic heterocycles. The van der Waals surface area contributed by atoms with E-state index in [0.717, 1.165) is 50.4 Å². The maximum Gasteiger partial charge on any atom is 0.254 e. The van der Waals surface area contributed by atoms with Crippen LogP contribution in [0.2, 0.25) is 0 Å². The van der Waals surface area contributed by atoms with E-state index in [-0.39, 0.29) is 42.4 Å². The summed E-state index contributed by atoms with van der Waals surface area (Å²) in [5.74, 6) is 1.14. The molecule has 44 heavy (non-hydrogen) atoms. The van der Waals surface area contributed by atoms with E-state index in [1.807, 2.05) is 40.6 Å². The Morgan fingerprint density at radius 3 is 2.45 bits per heavy atom. The Kier molecular flexibility index (Phi) is 12.3. The fraction of sp³-hybridized carbons (Fsp3) is 0.559. The number of carbonyl (C=O) groups is 3. The van der Waals surface area contributed by atoms with Gasteiger partial charge in [0.25, 0.3) is 5.91 Å². The van der Waals surface area contributed by atoms with Crippen LogP contribution in [0, 0.1) is 0 Å². The molecule has 2 aromatic carbocycles. The molecule has 2 radical (unpaired) electrons. The first-order valence-electron chi connectivity index (χ1n) is 15.7. The van der Waals surface area contributed by atoms with Gasteiger partial charge in [0.05, 0.1) is 20.1 Å². The SMILES string of the molecule is [B]N1C[C@H](N(C(=O)c2ccc(OC)c(OCCCOC)c2)C(C)C)CC[C@@H]1CCN(C(=O)Cc1cccc(C=O)c1)C1CC1. The van der Waals surface area contributed by atoms with Crippen LogP contribution in [0.4, 0.5) is 0 Å². The molecule has 0 spiro atoms. The minimum atomic E-state index is -0.0644. The summed E-state index contributed by atoms with van der Waals surface area (Å²) in [6, 6.07) is 12.9. The Morgan fingerprint density at radius 1 is 1.02 bits per heavy atom. The van der Waals surface area contributed by atoms with Crippen molar-refractivity contribution < 1.29 is 28.6 Å². The third-order valence-electron chi connectivity index (χ3n) is 8.52. The molecule has 0 N–H and O–H groups in total. The van der Waals surface area contributed by atoms with Gasteiger partial charge < -0.3 is 28.8 Å². The molecule has 1 aliphatic heterocycles. The highest BCUT2D eigenvalue weighted by molar-refractivity contribution is 6.04. The van der Waals surface area contributed by atoms with E-state index in [0.29, 0.717) is 48.9 Å². The highest BCUT2D eigenvalue weighted by Crippen LogP contribution is 2.32. The van der Waals surface area contributed by atoms with Gasteiger partial charge in [0.15, 0.2) is 19.5 Å². The molecule has 0 bridgehead atoms. The van der Waals surface area contributed by atoms with Crippen molar-refractivity contribution in [1.29, 1.82) is 0 Å². The average Bonchev–Trinajstić information content (AvgIpc) is 3.85. The van der Waals surface area contributed by atoms with Gasteiger partial charge in [-0.2, -0.15) is 0 Å². The summed E-state index contributed by atoms with van der Waals surface area (Å²) >= 11 is 0. The lowest BCUT2D eigenvalue weighted by Crippen LogP contribution is -2.55. The number of hydrogen-bond donors (Lipinski definition) is 0. The number of nitrogens with zero attached hydrogens (tertiary/aromatic N) is 3. The maximum atomic E-state index is 13.9. The summed E-state index contributed by atoms with van der Waals surface area (Å²) in [7, 11) is 9.85. The van der Waals surface area contributed by atoms with Crippen LogP contribution in [0.25, 0.3) is 0 Å². The van der Waals surface area contributed by atoms with Gasteiger partial charge in [0.1, 0.15) is 6.29 Å². The van der Waals surface area contributed by atoms with Crippen LogP contribution in [0.3, 0.4) is 0 Å². The summed E-state index contributed by atoms with van der Waals surface area (Å²) in [4.78, 5) is 44.0. The number of ether oxygens (including phenoxy) is 3. The molecule has 0 unspecified atom stereocenters. The van der Waals surface area contributed by atoms with Gasteiger partial charge in [0, 0.05) is 62.5 Å². The molecule has 10 heteroatoms. The number of amides is 2. The van der Waals surface area contributed by atoms with Gasteiger partial charge in [-0.3, -0.25) is 14.4 Å². The first-order valence-corrected chi connectivity index (χ1v) is 15.7. The zero-order chi connectivity index (χ0) is 31.6. The molecule has 2 aliphatic rings. The van der Waals surface area contributed by atoms with E-state index >= 15 is 0 Å². The van der Waals surface area contributed by atoms with E-state index in [9.17, 15) is 14.4 Å². The number of benzene rings is 2. The first-order chi connectivity index (χ1) is 21.2. The third-order valence-corrected chi connectivity index (χ3v) is 8.52. The Morgan fingerprint density at radius 2 is 1.80 bits per heavy atom. The van der Waals surface area contributed by atoms with Crippen molar-refractivity contribution >= 4 is 26.1 Å². The van der Waals surface area contributed by atoms with E-state index in [1.165, 1.54) is 0 Å². The monoisotopic (exact) mass is 603 g/mol. The minimum Gasteiger partial charge on any atom is -0.493 e. The molecule has 1 saturated heterocycles. The summed E-state index contributed by atoms with van der Waals surface area (Å²) in [6.07, 6.45) is 6.31. The van der Waals surface area contributed by atoms with Crippen molar-refractivity contribution in [3.63, 3.8) is 0 Å². The van der Waals surface area contributed by atoms with Crippen LogP contribution in [0.5, 0.6) is 11.5 Å². The molecule has 2 fully saturated rings. The second-order valence-electron chi connectivity index (χ2n) is 12.1. The van der Waals surface area contributed by atoms with E-state index in [1.54, 1.807) is 44.6 Å². The summed E-state index contributed by atoms with van der Waals surface area (Å²) in [6.45, 7) is 6.30. The zero-order valence-electron chi connectivity index (χ0n) is 26.6. The highest BCUT2D eigenvalue weighted by Gasteiger charge is 2.36. The normalized spacial score (nSPS) is 18.6. The van der Waals surface area contributed by atoms with E-state index < -0.39 is 0 Å². The van der Waals surface area contributed by atoms with Gasteiger partial charge in [-0.25, -0.2) is 0 Å². The van der Waals surface area contributed by atoms with Crippen LogP contribution < -0.4 is 9.47 Å². The van der Waals surface area contributed by atoms with Crippen molar-refractivity contribution in [2.24, 2.45) is 0 Å². The van der Waals surface area contributed by atoms with Crippen LogP contribution >= 0.6 is 0 Å². The fourth-order valence-corrected chi connectivity index (χ4v) is 6.09. The molecule has 2 amide bonds. The second kappa shape index (κ2) is 16.1. The average molecular weight is 604 g/mol. The van der Waals surface area contributed by atoms with Gasteiger partial charge in [0.2, 0.25) is 5.91 Å². The lowest BCUT2D eigenvalue weighted by Gasteiger charge is -2.44. The molecular formula is C34H46BN3O6. The highest BCUT2D eigenvalue weighted by atomic mass is 16.5. The summed E-state index contributed by atoms with van der Waals surface area (Å²) < 4.78 is 16.5. The Labute approximate surface area is 263 Å². The molecule has 1 saturated carbocycles. The number of hydrogen-bond acceptors (Lipinski definition) is 7. The molecule has 9 nitrogen and oxygen atoms in total. The third kappa shape index (κ3) is 8.85. The molecule has 2 atom stereocenters. The van der Waals surface area contributed by atoms with Gasteiger partial charge in [-0.05, 0) is 81.8 Å². The number of aldehydes is 1. The predicted octanol–water partition coefficient (Wildman–Crippen LogP) is 4.31. The van der Waals surface area contributed by atoms with Crippen molar-refractivity contribution in [1.82, 2.24) is 14.6 Å². The van der Waals surface area contributed by atoms with Crippen molar-refractivity contribution in [3.05, 3.63) is 59.2 Å². The standard InChI is InChI=1S/C34H46BN3O6/c1-24(2)38(34(41)27-9-14-31(43-4)32(21-27)44-18-6-17-42-3)30-13-12-29(37(35)22-30)15-16-36(28-10-11-28)33(40)20-25-7-5-8-26(19-25)23-39/h5,7-9,14,19,21,23-24,28-30H,6,10-13,15-18,20,22H2,1-4H3/t29-,30-/m1/s1. The van der Waals surface area contributed by atoms with Crippen molar-refractivity contribution in [2.45, 2.75) is 83.0 Å². The van der Waals surface area contributed by atoms with Gasteiger partial charge >= 0.3 is 0 Å². The molecular weight excluding hydrogens is 557 g/mol. The predicted molar refractivity (Wildman–Crippen MR) is 170 cm³/mol. The van der Waals surface area contributed by atoms with E-state index in [2.05, 4.69) is 0 Å². The van der Waals surface area contributed by atoms with Gasteiger partial charge in [-0.15, -0.1) is 0 Å². The molecule has 4 rings (SSSR count). The van der Waals surface area contributed by atoms with Crippen molar-refractivity contribution in [3.8, 4) is 11.5 Å². The Hall–Kier alpha value is -3.37. The molecule has 1 heterocycles. The molecule has 236 valence electrons. The fourth-order valence-electron chi connectivity index (χ4n) is 6.09. The summed E-state index contributed by atoms with van der Waals surface area (Å²) in [5, 5.41) is 0. The first kappa shape index (κ1) is 33.5. The van der Waals surface area contributed by atoms with E-state index in [4.69, 9.17) is 22.2 Å². The number of rotatable bonds is 16. The maximum absolute atomic E-state index is 13.9. The summed E-state index contributed by atoms with van der Waals surface area (Å²) in [5.41, 5.74) is 1.98. The zero-order valence-corrected chi connectivity index (χ0v) is 26.6. The smallest absolute Gasteiger partial charge is 0.254 e. The number of piperidine rings is 1. The lowest BCUT2D eigenvalue weighted by atomic mass is 9.91. The largest absolute Gasteiger partial charge is 0.493 e. The van der Waals surface area contributed by atoms with Crippen LogP contribution in [-0.2, 0) is 16.0 Å². The minimum absolute atomic E-state index is 0.0219. The Bertz CT molecular complexity index is 1270. The van der Waals surface area contributed by atoms with Crippen LogP contribution in [0.1, 0.15) is 78.7 Å². The van der Waals surface area contributed by atoms with Crippen LogP contribution in [0.15, 0.2) is 42.5 Å². The quantitative estimate of drug-likeness (QED) is 0.161. The molecule has 2 aromatic rings. The second-order valence-corrected chi connectivity index (χ2v) is 12.1. The van der Waals surface area contributed by atoms with Gasteiger partial charge in [-0.1, -0.05) is 18.2 Å². The van der Waals surface area contributed by atoms with Crippen molar-refractivity contribution in [2.75, 3.05) is 40.5 Å². The lowest BCUT2D eigenvalue weighted by molar-refractivity contribution is -0.131. The van der Waals surface area contributed by atoms with Crippen LogP contribution in [-0.4, -0.2) is 105 Å². The number of carbonyl (C=O) groups excluding carboxylic acids is 3. The number of methoxy groups -OCH3 is 2.